The Hall–Kier alpha value is -2.17. The molecule has 2 aromatic heterocycles. The fourth-order valence-corrected chi connectivity index (χ4v) is 1.64. The molecule has 0 aromatic carbocycles. The smallest absolute Gasteiger partial charge is 0.355 e. The van der Waals surface area contributed by atoms with Crippen molar-refractivity contribution >= 4 is 22.8 Å². The van der Waals surface area contributed by atoms with Gasteiger partial charge in [-0.2, -0.15) is 0 Å². The van der Waals surface area contributed by atoms with Gasteiger partial charge in [-0.15, -0.1) is 0 Å². The first-order valence-corrected chi connectivity index (χ1v) is 4.71. The van der Waals surface area contributed by atoms with E-state index >= 15 is 0 Å². The maximum Gasteiger partial charge on any atom is 0.355 e. The fourth-order valence-electron chi connectivity index (χ4n) is 1.64. The van der Waals surface area contributed by atoms with Crippen LogP contribution in [0, 0.1) is 0 Å². The van der Waals surface area contributed by atoms with E-state index in [1.165, 1.54) is 14.0 Å². The molecule has 1 N–H and O–H groups in total. The van der Waals surface area contributed by atoms with Crippen molar-refractivity contribution in [3.05, 3.63) is 29.6 Å². The molecule has 2 heterocycles. The number of Topliss-reactive ketones (excluding diaryl/α,β-unsaturated/α-hetero) is 1. The highest BCUT2D eigenvalue weighted by atomic mass is 16.5. The van der Waals surface area contributed by atoms with Gasteiger partial charge in [-0.3, -0.25) is 4.79 Å². The SMILES string of the molecule is COC(=O)c1[nH]c2ncccc2c1C(C)=O. The van der Waals surface area contributed by atoms with Crippen LogP contribution in [0.3, 0.4) is 0 Å². The van der Waals surface area contributed by atoms with Crippen molar-refractivity contribution in [2.24, 2.45) is 0 Å². The van der Waals surface area contributed by atoms with Gasteiger partial charge in [0.1, 0.15) is 11.3 Å². The highest BCUT2D eigenvalue weighted by Gasteiger charge is 2.21. The third-order valence-electron chi connectivity index (χ3n) is 2.31. The number of ether oxygens (including phenoxy) is 1. The third-order valence-corrected chi connectivity index (χ3v) is 2.31. The van der Waals surface area contributed by atoms with Gasteiger partial charge in [0.2, 0.25) is 0 Å². The first-order chi connectivity index (χ1) is 7.65. The summed E-state index contributed by atoms with van der Waals surface area (Å²) in [5.41, 5.74) is 0.992. The predicted molar refractivity (Wildman–Crippen MR) is 57.4 cm³/mol. The van der Waals surface area contributed by atoms with Gasteiger partial charge in [-0.1, -0.05) is 0 Å². The van der Waals surface area contributed by atoms with Gasteiger partial charge < -0.3 is 9.72 Å². The number of H-pyrrole nitrogens is 1. The van der Waals surface area contributed by atoms with E-state index < -0.39 is 5.97 Å². The second-order valence-electron chi connectivity index (χ2n) is 3.32. The van der Waals surface area contributed by atoms with E-state index in [0.29, 0.717) is 16.6 Å². The van der Waals surface area contributed by atoms with E-state index in [2.05, 4.69) is 14.7 Å². The summed E-state index contributed by atoms with van der Waals surface area (Å²) in [6.45, 7) is 1.40. The molecule has 0 spiro atoms. The highest BCUT2D eigenvalue weighted by molar-refractivity contribution is 6.13. The Kier molecular flexibility index (Phi) is 2.44. The monoisotopic (exact) mass is 218 g/mol. The van der Waals surface area contributed by atoms with Crippen LogP contribution >= 0.6 is 0 Å². The zero-order valence-electron chi connectivity index (χ0n) is 8.90. The molecule has 2 rings (SSSR count). The van der Waals surface area contributed by atoms with Crippen LogP contribution in [-0.4, -0.2) is 28.8 Å². The molecule has 0 aliphatic heterocycles. The zero-order valence-corrected chi connectivity index (χ0v) is 8.90. The number of hydrogen-bond donors (Lipinski definition) is 1. The van der Waals surface area contributed by atoms with Gasteiger partial charge in [0.05, 0.1) is 12.7 Å². The maximum atomic E-state index is 11.5. The summed E-state index contributed by atoms with van der Waals surface area (Å²) in [6.07, 6.45) is 1.59. The minimum Gasteiger partial charge on any atom is -0.464 e. The number of carbonyl (C=O) groups excluding carboxylic acids is 2. The Labute approximate surface area is 91.4 Å². The Morgan fingerprint density at radius 1 is 1.44 bits per heavy atom. The van der Waals surface area contributed by atoms with Crippen LogP contribution in [0.2, 0.25) is 0 Å². The van der Waals surface area contributed by atoms with Crippen molar-refractivity contribution in [1.82, 2.24) is 9.97 Å². The Balaban J connectivity index is 2.78. The average molecular weight is 218 g/mol. The molecular formula is C11H10N2O3. The van der Waals surface area contributed by atoms with Crippen LogP contribution in [0.25, 0.3) is 11.0 Å². The van der Waals surface area contributed by atoms with Gasteiger partial charge in [0.15, 0.2) is 5.78 Å². The van der Waals surface area contributed by atoms with Crippen molar-refractivity contribution in [3.63, 3.8) is 0 Å². The number of nitrogens with one attached hydrogen (secondary N) is 1. The molecule has 16 heavy (non-hydrogen) atoms. The number of aromatic amines is 1. The van der Waals surface area contributed by atoms with Crippen LogP contribution in [-0.2, 0) is 4.74 Å². The molecule has 0 bridgehead atoms. The van der Waals surface area contributed by atoms with Crippen molar-refractivity contribution in [3.8, 4) is 0 Å². The summed E-state index contributed by atoms with van der Waals surface area (Å²) in [7, 11) is 1.27. The van der Waals surface area contributed by atoms with Crippen LogP contribution in [0.4, 0.5) is 0 Å². The van der Waals surface area contributed by atoms with Crippen molar-refractivity contribution in [1.29, 1.82) is 0 Å². The van der Waals surface area contributed by atoms with Crippen molar-refractivity contribution < 1.29 is 14.3 Å². The molecule has 0 saturated heterocycles. The largest absolute Gasteiger partial charge is 0.464 e. The summed E-state index contributed by atoms with van der Waals surface area (Å²) in [5, 5.41) is 0.635. The van der Waals surface area contributed by atoms with Gasteiger partial charge in [-0.05, 0) is 19.1 Å². The standard InChI is InChI=1S/C11H10N2O3/c1-6(14)8-7-4-3-5-12-10(7)13-9(8)11(15)16-2/h3-5H,1-2H3,(H,12,13). The summed E-state index contributed by atoms with van der Waals surface area (Å²) in [6, 6.07) is 3.45. The van der Waals surface area contributed by atoms with E-state index in [1.54, 1.807) is 18.3 Å². The fraction of sp³-hybridized carbons (Fsp3) is 0.182. The highest BCUT2D eigenvalue weighted by Crippen LogP contribution is 2.21. The normalized spacial score (nSPS) is 10.4. The third kappa shape index (κ3) is 1.46. The average Bonchev–Trinajstić information content (AvgIpc) is 2.67. The number of aromatic nitrogens is 2. The Bertz CT molecular complexity index is 572. The molecule has 0 fully saturated rings. The van der Waals surface area contributed by atoms with Crippen LogP contribution in [0.5, 0.6) is 0 Å². The number of fused-ring (bicyclic) bond motifs is 1. The molecule has 0 amide bonds. The minimum atomic E-state index is -0.566. The lowest BCUT2D eigenvalue weighted by molar-refractivity contribution is 0.0591. The number of hydrogen-bond acceptors (Lipinski definition) is 4. The number of pyridine rings is 1. The molecule has 0 atom stereocenters. The first-order valence-electron chi connectivity index (χ1n) is 4.71. The summed E-state index contributed by atoms with van der Waals surface area (Å²) >= 11 is 0. The molecule has 0 radical (unpaired) electrons. The number of methoxy groups -OCH3 is 1. The van der Waals surface area contributed by atoms with E-state index in [4.69, 9.17) is 0 Å². The number of esters is 1. The minimum absolute atomic E-state index is 0.156. The second-order valence-corrected chi connectivity index (χ2v) is 3.32. The molecule has 82 valence electrons. The first kappa shape index (κ1) is 10.4. The van der Waals surface area contributed by atoms with Gasteiger partial charge in [-0.25, -0.2) is 9.78 Å². The van der Waals surface area contributed by atoms with Crippen LogP contribution < -0.4 is 0 Å². The topological polar surface area (TPSA) is 72.1 Å². The lowest BCUT2D eigenvalue weighted by atomic mass is 10.1. The van der Waals surface area contributed by atoms with E-state index in [0.717, 1.165) is 0 Å². The van der Waals surface area contributed by atoms with Gasteiger partial charge in [0.25, 0.3) is 0 Å². The van der Waals surface area contributed by atoms with Crippen LogP contribution in [0.1, 0.15) is 27.8 Å². The van der Waals surface area contributed by atoms with E-state index in [1.807, 2.05) is 0 Å². The number of nitrogens with zero attached hydrogens (tertiary/aromatic N) is 1. The summed E-state index contributed by atoms with van der Waals surface area (Å²) in [5.74, 6) is -0.761. The maximum absolute atomic E-state index is 11.5. The lowest BCUT2D eigenvalue weighted by Crippen LogP contribution is -2.07. The molecule has 0 saturated carbocycles. The summed E-state index contributed by atoms with van der Waals surface area (Å²) < 4.78 is 4.61. The summed E-state index contributed by atoms with van der Waals surface area (Å²) in [4.78, 5) is 29.8. The number of rotatable bonds is 2. The number of carbonyl (C=O) groups is 2. The molecular weight excluding hydrogens is 208 g/mol. The molecule has 5 heteroatoms. The molecule has 2 aromatic rings. The van der Waals surface area contributed by atoms with E-state index in [9.17, 15) is 9.59 Å². The Morgan fingerprint density at radius 3 is 2.81 bits per heavy atom. The van der Waals surface area contributed by atoms with Crippen LogP contribution in [0.15, 0.2) is 18.3 Å². The zero-order chi connectivity index (χ0) is 11.7. The predicted octanol–water partition coefficient (Wildman–Crippen LogP) is 1.55. The van der Waals surface area contributed by atoms with Gasteiger partial charge >= 0.3 is 5.97 Å². The molecule has 0 aliphatic rings. The number of ketones is 1. The quantitative estimate of drug-likeness (QED) is 0.613. The second kappa shape index (κ2) is 3.77. The van der Waals surface area contributed by atoms with E-state index in [-0.39, 0.29) is 11.5 Å². The molecule has 5 nitrogen and oxygen atoms in total. The lowest BCUT2D eigenvalue weighted by Gasteiger charge is -1.98. The molecule has 0 unspecified atom stereocenters. The molecule has 0 aliphatic carbocycles. The van der Waals surface area contributed by atoms with Crippen molar-refractivity contribution in [2.45, 2.75) is 6.92 Å². The Morgan fingerprint density at radius 2 is 2.19 bits per heavy atom. The van der Waals surface area contributed by atoms with Gasteiger partial charge in [0, 0.05) is 11.6 Å². The van der Waals surface area contributed by atoms with Crippen molar-refractivity contribution in [2.75, 3.05) is 7.11 Å².